The second kappa shape index (κ2) is 7.41. The number of anilines is 1. The lowest BCUT2D eigenvalue weighted by molar-refractivity contribution is 0.606. The molecule has 0 spiro atoms. The van der Waals surface area contributed by atoms with Crippen molar-refractivity contribution in [2.45, 2.75) is 33.4 Å². The molecule has 0 radical (unpaired) electrons. The van der Waals surface area contributed by atoms with Crippen LogP contribution in [0.4, 0.5) is 5.13 Å². The minimum absolute atomic E-state index is 0.377. The van der Waals surface area contributed by atoms with Gasteiger partial charge in [0.2, 0.25) is 0 Å². The van der Waals surface area contributed by atoms with Crippen LogP contribution < -0.4 is 10.2 Å². The van der Waals surface area contributed by atoms with E-state index in [9.17, 15) is 0 Å². The number of nitrogens with zero attached hydrogens (tertiary/aromatic N) is 2. The molecule has 108 valence electrons. The third kappa shape index (κ3) is 3.81. The van der Waals surface area contributed by atoms with Crippen molar-refractivity contribution in [1.82, 2.24) is 10.3 Å². The summed E-state index contributed by atoms with van der Waals surface area (Å²) < 4.78 is 0. The van der Waals surface area contributed by atoms with Gasteiger partial charge in [0.1, 0.15) is 0 Å². The zero-order chi connectivity index (χ0) is 14.4. The van der Waals surface area contributed by atoms with Crippen LogP contribution in [0.1, 0.15) is 37.3 Å². The second-order valence-electron chi connectivity index (χ2n) is 4.82. The molecule has 2 rings (SSSR count). The van der Waals surface area contributed by atoms with Crippen molar-refractivity contribution >= 4 is 16.5 Å². The molecular weight excluding hydrogens is 266 g/mol. The summed E-state index contributed by atoms with van der Waals surface area (Å²) in [6.07, 6.45) is 2.00. The number of hydrogen-bond donors (Lipinski definition) is 1. The molecule has 0 fully saturated rings. The molecule has 3 nitrogen and oxygen atoms in total. The molecule has 1 heterocycles. The number of hydrogen-bond acceptors (Lipinski definition) is 4. The molecule has 20 heavy (non-hydrogen) atoms. The smallest absolute Gasteiger partial charge is 0.185 e. The summed E-state index contributed by atoms with van der Waals surface area (Å²) >= 11 is 1.79. The lowest BCUT2D eigenvalue weighted by Gasteiger charge is -2.19. The van der Waals surface area contributed by atoms with Crippen LogP contribution in [0.25, 0.3) is 0 Å². The monoisotopic (exact) mass is 289 g/mol. The van der Waals surface area contributed by atoms with Crippen LogP contribution >= 0.6 is 11.3 Å². The largest absolute Gasteiger partial charge is 0.344 e. The summed E-state index contributed by atoms with van der Waals surface area (Å²) in [4.78, 5) is 8.21. The Labute approximate surface area is 125 Å². The van der Waals surface area contributed by atoms with Gasteiger partial charge >= 0.3 is 0 Å². The normalized spacial score (nSPS) is 12.3. The molecule has 1 N–H and O–H groups in total. The van der Waals surface area contributed by atoms with Gasteiger partial charge in [-0.15, -0.1) is 11.3 Å². The first kappa shape index (κ1) is 15.0. The van der Waals surface area contributed by atoms with Crippen molar-refractivity contribution < 1.29 is 0 Å². The van der Waals surface area contributed by atoms with Gasteiger partial charge in [-0.05, 0) is 26.0 Å². The number of thiazole rings is 1. The number of nitrogens with one attached hydrogen (secondary N) is 1. The maximum atomic E-state index is 4.59. The average Bonchev–Trinajstić information content (AvgIpc) is 2.96. The topological polar surface area (TPSA) is 28.2 Å². The second-order valence-corrected chi connectivity index (χ2v) is 5.87. The number of benzene rings is 1. The first-order chi connectivity index (χ1) is 9.74. The molecule has 1 aromatic carbocycles. The average molecular weight is 289 g/mol. The van der Waals surface area contributed by atoms with Crippen molar-refractivity contribution in [2.24, 2.45) is 0 Å². The fourth-order valence-electron chi connectivity index (χ4n) is 2.15. The molecule has 1 aromatic heterocycles. The van der Waals surface area contributed by atoms with Crippen molar-refractivity contribution in [1.29, 1.82) is 0 Å². The van der Waals surface area contributed by atoms with Gasteiger partial charge in [0, 0.05) is 30.2 Å². The summed E-state index contributed by atoms with van der Waals surface area (Å²) in [6.45, 7) is 9.37. The first-order valence-corrected chi connectivity index (χ1v) is 8.04. The molecular formula is C16H23N3S. The lowest BCUT2D eigenvalue weighted by Crippen LogP contribution is -2.21. The van der Waals surface area contributed by atoms with E-state index in [0.29, 0.717) is 6.04 Å². The number of aromatic nitrogens is 1. The highest BCUT2D eigenvalue weighted by Gasteiger charge is 2.13. The maximum Gasteiger partial charge on any atom is 0.185 e. The van der Waals surface area contributed by atoms with E-state index in [0.717, 1.165) is 24.8 Å². The van der Waals surface area contributed by atoms with Gasteiger partial charge < -0.3 is 10.2 Å². The molecule has 0 aliphatic heterocycles. The Hall–Kier alpha value is -1.39. The predicted octanol–water partition coefficient (Wildman–Crippen LogP) is 3.84. The van der Waals surface area contributed by atoms with E-state index in [1.165, 1.54) is 10.4 Å². The highest BCUT2D eigenvalue weighted by Crippen LogP contribution is 2.28. The molecule has 4 heteroatoms. The van der Waals surface area contributed by atoms with Crippen LogP contribution in [0.3, 0.4) is 0 Å². The molecule has 0 saturated carbocycles. The Morgan fingerprint density at radius 2 is 2.00 bits per heavy atom. The Morgan fingerprint density at radius 3 is 2.65 bits per heavy atom. The van der Waals surface area contributed by atoms with Gasteiger partial charge in [-0.1, -0.05) is 37.3 Å². The molecule has 0 amide bonds. The SMILES string of the molecule is CCNC(C)c1cnc(N(CC)Cc2ccccc2)s1. The van der Waals surface area contributed by atoms with Crippen molar-refractivity contribution in [3.8, 4) is 0 Å². The summed E-state index contributed by atoms with van der Waals surface area (Å²) in [7, 11) is 0. The summed E-state index contributed by atoms with van der Waals surface area (Å²) in [5.41, 5.74) is 1.32. The van der Waals surface area contributed by atoms with E-state index in [2.05, 4.69) is 66.3 Å². The standard InChI is InChI=1S/C16H23N3S/c1-4-17-13(3)15-11-18-16(20-15)19(5-2)12-14-9-7-6-8-10-14/h6-11,13,17H,4-5,12H2,1-3H3. The van der Waals surface area contributed by atoms with Crippen LogP contribution in [-0.2, 0) is 6.54 Å². The van der Waals surface area contributed by atoms with E-state index in [1.54, 1.807) is 11.3 Å². The summed E-state index contributed by atoms with van der Waals surface area (Å²) in [5.74, 6) is 0. The quantitative estimate of drug-likeness (QED) is 0.839. The van der Waals surface area contributed by atoms with E-state index in [-0.39, 0.29) is 0 Å². The van der Waals surface area contributed by atoms with E-state index >= 15 is 0 Å². The zero-order valence-electron chi connectivity index (χ0n) is 12.5. The van der Waals surface area contributed by atoms with Gasteiger partial charge in [0.25, 0.3) is 0 Å². The van der Waals surface area contributed by atoms with Gasteiger partial charge in [-0.3, -0.25) is 0 Å². The van der Waals surface area contributed by atoms with Gasteiger partial charge in [-0.25, -0.2) is 4.98 Å². The molecule has 0 aliphatic rings. The first-order valence-electron chi connectivity index (χ1n) is 7.22. The zero-order valence-corrected chi connectivity index (χ0v) is 13.3. The minimum Gasteiger partial charge on any atom is -0.344 e. The molecule has 1 unspecified atom stereocenters. The van der Waals surface area contributed by atoms with Crippen LogP contribution in [-0.4, -0.2) is 18.1 Å². The maximum absolute atomic E-state index is 4.59. The fourth-order valence-corrected chi connectivity index (χ4v) is 3.15. The summed E-state index contributed by atoms with van der Waals surface area (Å²) in [5, 5.41) is 4.54. The van der Waals surface area contributed by atoms with Crippen LogP contribution in [0.15, 0.2) is 36.5 Å². The Balaban J connectivity index is 2.08. The van der Waals surface area contributed by atoms with Crippen LogP contribution in [0.5, 0.6) is 0 Å². The van der Waals surface area contributed by atoms with Gasteiger partial charge in [0.05, 0.1) is 0 Å². The Bertz CT molecular complexity index is 509. The highest BCUT2D eigenvalue weighted by atomic mass is 32.1. The van der Waals surface area contributed by atoms with E-state index in [1.807, 2.05) is 6.20 Å². The molecule has 0 saturated heterocycles. The van der Waals surface area contributed by atoms with Gasteiger partial charge in [0.15, 0.2) is 5.13 Å². The molecule has 2 aromatic rings. The predicted molar refractivity (Wildman–Crippen MR) is 87.4 cm³/mol. The van der Waals surface area contributed by atoms with Crippen molar-refractivity contribution in [3.05, 3.63) is 47.0 Å². The fraction of sp³-hybridized carbons (Fsp3) is 0.438. The van der Waals surface area contributed by atoms with E-state index in [4.69, 9.17) is 0 Å². The van der Waals surface area contributed by atoms with Crippen LogP contribution in [0.2, 0.25) is 0 Å². The lowest BCUT2D eigenvalue weighted by atomic mass is 10.2. The molecule has 0 bridgehead atoms. The third-order valence-corrected chi connectivity index (χ3v) is 4.56. The molecule has 0 aliphatic carbocycles. The number of rotatable bonds is 7. The third-order valence-electron chi connectivity index (χ3n) is 3.32. The minimum atomic E-state index is 0.377. The van der Waals surface area contributed by atoms with Crippen molar-refractivity contribution in [3.63, 3.8) is 0 Å². The van der Waals surface area contributed by atoms with E-state index < -0.39 is 0 Å². The Kier molecular flexibility index (Phi) is 5.56. The van der Waals surface area contributed by atoms with Crippen molar-refractivity contribution in [2.75, 3.05) is 18.0 Å². The Morgan fingerprint density at radius 1 is 1.25 bits per heavy atom. The van der Waals surface area contributed by atoms with Gasteiger partial charge in [-0.2, -0.15) is 0 Å². The highest BCUT2D eigenvalue weighted by molar-refractivity contribution is 7.15. The van der Waals surface area contributed by atoms with Crippen LogP contribution in [0, 0.1) is 0 Å². The summed E-state index contributed by atoms with van der Waals surface area (Å²) in [6, 6.07) is 10.9. The molecule has 1 atom stereocenters.